The quantitative estimate of drug-likeness (QED) is 0.485. The number of fused-ring (bicyclic) bond motifs is 2. The third kappa shape index (κ3) is 5.27. The first-order chi connectivity index (χ1) is 19.6. The largest absolute Gasteiger partial charge is 0.462 e. The van der Waals surface area contributed by atoms with E-state index in [1.54, 1.807) is 10.5 Å². The number of nitriles is 1. The Morgan fingerprint density at radius 2 is 2.10 bits per heavy atom. The van der Waals surface area contributed by atoms with Gasteiger partial charge in [0.2, 0.25) is 5.91 Å². The van der Waals surface area contributed by atoms with Gasteiger partial charge < -0.3 is 19.4 Å². The van der Waals surface area contributed by atoms with Gasteiger partial charge in [0.1, 0.15) is 12.4 Å². The molecule has 3 saturated heterocycles. The Morgan fingerprint density at radius 3 is 2.90 bits per heavy atom. The first-order valence-electron chi connectivity index (χ1n) is 14.9. The molecule has 212 valence electrons. The van der Waals surface area contributed by atoms with Crippen molar-refractivity contribution in [2.75, 3.05) is 51.3 Å². The molecule has 1 amide bonds. The van der Waals surface area contributed by atoms with E-state index in [4.69, 9.17) is 14.7 Å². The number of carbonyl (C=O) groups excluding carboxylic acids is 1. The molecular weight excluding hydrogens is 502 g/mol. The molecule has 0 saturated carbocycles. The van der Waals surface area contributed by atoms with Gasteiger partial charge in [-0.1, -0.05) is 30.4 Å². The lowest BCUT2D eigenvalue weighted by atomic mass is 9.89. The molecule has 3 fully saturated rings. The summed E-state index contributed by atoms with van der Waals surface area (Å²) in [6, 6.07) is 3.90. The molecule has 3 aliphatic heterocycles. The summed E-state index contributed by atoms with van der Waals surface area (Å²) >= 11 is 0. The zero-order valence-electron chi connectivity index (χ0n) is 23.7. The van der Waals surface area contributed by atoms with Gasteiger partial charge in [-0.2, -0.15) is 15.2 Å². The third-order valence-corrected chi connectivity index (χ3v) is 9.61. The van der Waals surface area contributed by atoms with E-state index < -0.39 is 0 Å². The van der Waals surface area contributed by atoms with E-state index in [9.17, 15) is 10.1 Å². The van der Waals surface area contributed by atoms with Gasteiger partial charge in [-0.3, -0.25) is 9.69 Å². The molecule has 6 rings (SSSR count). The summed E-state index contributed by atoms with van der Waals surface area (Å²) in [5, 5.41) is 9.50. The lowest BCUT2D eigenvalue weighted by Gasteiger charge is -2.42. The van der Waals surface area contributed by atoms with Crippen LogP contribution in [0.2, 0.25) is 0 Å². The topological polar surface area (TPSA) is 88.8 Å². The molecule has 9 nitrogen and oxygen atoms in total. The Kier molecular flexibility index (Phi) is 7.90. The van der Waals surface area contributed by atoms with Crippen molar-refractivity contribution in [3.05, 3.63) is 47.7 Å². The van der Waals surface area contributed by atoms with Gasteiger partial charge in [-0.05, 0) is 58.2 Å². The molecule has 0 radical (unpaired) electrons. The maximum Gasteiger partial charge on any atom is 0.318 e. The number of carbonyl (C=O) groups is 1. The predicted molar refractivity (Wildman–Crippen MR) is 154 cm³/mol. The molecule has 9 heteroatoms. The molecule has 5 aliphatic rings. The molecule has 1 aromatic rings. The van der Waals surface area contributed by atoms with Crippen LogP contribution in [0.15, 0.2) is 36.5 Å². The average molecular weight is 544 g/mol. The van der Waals surface area contributed by atoms with Gasteiger partial charge in [-0.15, -0.1) is 0 Å². The molecule has 40 heavy (non-hydrogen) atoms. The van der Waals surface area contributed by atoms with Crippen molar-refractivity contribution in [2.24, 2.45) is 0 Å². The van der Waals surface area contributed by atoms with Crippen molar-refractivity contribution < 1.29 is 9.53 Å². The maximum atomic E-state index is 12.5. The van der Waals surface area contributed by atoms with Gasteiger partial charge in [0.25, 0.3) is 0 Å². The standard InChI is InChI=1S/C31H41N7O2/c1-3-29(39)38-18-17-36(20-24(38)12-14-32)30-26-11-10-23(37-16-13-22-7-4-5-9-28(22)37)19-27(26)33-31(34-30)40-21-25-8-6-15-35(25)2/h3-5,7,23-25,28H,1,6,8-13,15-21H2,2H3/t23?,24-,25-,28?/m0/s1. The normalized spacial score (nSPS) is 28.6. The predicted octanol–water partition coefficient (Wildman–Crippen LogP) is 2.88. The summed E-state index contributed by atoms with van der Waals surface area (Å²) < 4.78 is 6.30. The zero-order valence-corrected chi connectivity index (χ0v) is 23.7. The number of piperazine rings is 1. The molecule has 0 bridgehead atoms. The molecule has 4 heterocycles. The summed E-state index contributed by atoms with van der Waals surface area (Å²) in [7, 11) is 2.16. The summed E-state index contributed by atoms with van der Waals surface area (Å²) in [6.07, 6.45) is 15.9. The Labute approximate surface area is 237 Å². The number of ether oxygens (including phenoxy) is 1. The van der Waals surface area contributed by atoms with Crippen LogP contribution in [0.5, 0.6) is 6.01 Å². The van der Waals surface area contributed by atoms with Crippen LogP contribution in [-0.4, -0.2) is 101 Å². The van der Waals surface area contributed by atoms with Crippen molar-refractivity contribution >= 4 is 11.7 Å². The van der Waals surface area contributed by atoms with E-state index >= 15 is 0 Å². The van der Waals surface area contributed by atoms with Crippen LogP contribution in [0.1, 0.15) is 49.8 Å². The van der Waals surface area contributed by atoms with Crippen LogP contribution in [0.25, 0.3) is 0 Å². The van der Waals surface area contributed by atoms with E-state index in [1.807, 2.05) is 0 Å². The van der Waals surface area contributed by atoms with Crippen molar-refractivity contribution in [1.29, 1.82) is 5.26 Å². The number of allylic oxidation sites excluding steroid dienone is 2. The monoisotopic (exact) mass is 543 g/mol. The Bertz CT molecular complexity index is 1240. The van der Waals surface area contributed by atoms with Gasteiger partial charge in [0.05, 0.1) is 24.2 Å². The van der Waals surface area contributed by atoms with Crippen molar-refractivity contribution in [3.8, 4) is 12.1 Å². The number of likely N-dealkylation sites (N-methyl/N-ethyl adjacent to an activating group) is 1. The lowest BCUT2D eigenvalue weighted by Crippen LogP contribution is -2.55. The first kappa shape index (κ1) is 27.0. The van der Waals surface area contributed by atoms with Crippen LogP contribution in [0.3, 0.4) is 0 Å². The van der Waals surface area contributed by atoms with Crippen LogP contribution in [0.4, 0.5) is 5.82 Å². The maximum absolute atomic E-state index is 12.5. The minimum atomic E-state index is -0.197. The minimum absolute atomic E-state index is 0.117. The molecular formula is C31H41N7O2. The van der Waals surface area contributed by atoms with Gasteiger partial charge in [-0.25, -0.2) is 0 Å². The summed E-state index contributed by atoms with van der Waals surface area (Å²) in [5.41, 5.74) is 3.87. The Hall–Kier alpha value is -3.22. The second kappa shape index (κ2) is 11.7. The van der Waals surface area contributed by atoms with E-state index in [0.717, 1.165) is 63.1 Å². The van der Waals surface area contributed by atoms with Gasteiger partial charge in [0.15, 0.2) is 0 Å². The second-order valence-corrected chi connectivity index (χ2v) is 11.8. The molecule has 2 aliphatic carbocycles. The van der Waals surface area contributed by atoms with Gasteiger partial charge in [0, 0.05) is 56.3 Å². The molecule has 0 spiro atoms. The molecule has 0 aromatic carbocycles. The molecule has 1 aromatic heterocycles. The number of rotatable bonds is 7. The lowest BCUT2D eigenvalue weighted by molar-refractivity contribution is -0.128. The number of nitrogens with zero attached hydrogens (tertiary/aromatic N) is 7. The Morgan fingerprint density at radius 1 is 1.20 bits per heavy atom. The Balaban J connectivity index is 1.27. The summed E-state index contributed by atoms with van der Waals surface area (Å²) in [4.78, 5) is 31.6. The van der Waals surface area contributed by atoms with Crippen LogP contribution in [0, 0.1) is 11.3 Å². The highest BCUT2D eigenvalue weighted by molar-refractivity contribution is 5.87. The molecule has 2 unspecified atom stereocenters. The highest BCUT2D eigenvalue weighted by atomic mass is 16.5. The smallest absolute Gasteiger partial charge is 0.318 e. The number of amides is 1. The fourth-order valence-corrected chi connectivity index (χ4v) is 7.37. The highest BCUT2D eigenvalue weighted by Crippen LogP contribution is 2.37. The van der Waals surface area contributed by atoms with Gasteiger partial charge >= 0.3 is 6.01 Å². The SMILES string of the molecule is C=CC(=O)N1CCN(c2nc(OC[C@@H]3CCCN3C)nc3c2CCC(N2CCC4=CC=CCC42)C3)C[C@@H]1CC#N. The van der Waals surface area contributed by atoms with Crippen molar-refractivity contribution in [2.45, 2.75) is 75.5 Å². The highest BCUT2D eigenvalue weighted by Gasteiger charge is 2.38. The molecule has 0 N–H and O–H groups in total. The zero-order chi connectivity index (χ0) is 27.6. The average Bonchev–Trinajstić information content (AvgIpc) is 3.61. The first-order valence-corrected chi connectivity index (χ1v) is 14.9. The number of aromatic nitrogens is 2. The fourth-order valence-electron chi connectivity index (χ4n) is 7.37. The number of hydrogen-bond donors (Lipinski definition) is 0. The van der Waals surface area contributed by atoms with Crippen LogP contribution < -0.4 is 9.64 Å². The number of hydrogen-bond acceptors (Lipinski definition) is 8. The number of likely N-dealkylation sites (tertiary alicyclic amines) is 2. The van der Waals surface area contributed by atoms with Crippen molar-refractivity contribution in [3.63, 3.8) is 0 Å². The number of anilines is 1. The second-order valence-electron chi connectivity index (χ2n) is 11.8. The summed E-state index contributed by atoms with van der Waals surface area (Å²) in [5.74, 6) is 0.809. The van der Waals surface area contributed by atoms with E-state index in [-0.39, 0.29) is 18.4 Å². The molecule has 4 atom stereocenters. The van der Waals surface area contributed by atoms with Crippen molar-refractivity contribution in [1.82, 2.24) is 24.7 Å². The van der Waals surface area contributed by atoms with E-state index in [2.05, 4.69) is 52.6 Å². The fraction of sp³-hybridized carbons (Fsp3) is 0.613. The van der Waals surface area contributed by atoms with E-state index in [1.165, 1.54) is 18.1 Å². The summed E-state index contributed by atoms with van der Waals surface area (Å²) in [6.45, 7) is 8.23. The van der Waals surface area contributed by atoms with Crippen LogP contribution >= 0.6 is 0 Å². The van der Waals surface area contributed by atoms with E-state index in [0.29, 0.717) is 50.4 Å². The van der Waals surface area contributed by atoms with Crippen LogP contribution in [-0.2, 0) is 17.6 Å². The minimum Gasteiger partial charge on any atom is -0.462 e. The third-order valence-electron chi connectivity index (χ3n) is 9.61.